The van der Waals surface area contributed by atoms with Crippen molar-refractivity contribution in [3.05, 3.63) is 36.0 Å². The van der Waals surface area contributed by atoms with Crippen LogP contribution in [-0.4, -0.2) is 76.5 Å². The number of rotatable bonds is 9. The van der Waals surface area contributed by atoms with Crippen molar-refractivity contribution in [2.75, 3.05) is 32.8 Å². The Morgan fingerprint density at radius 1 is 1.32 bits per heavy atom. The van der Waals surface area contributed by atoms with Crippen LogP contribution in [0.2, 0.25) is 0 Å². The maximum absolute atomic E-state index is 13.7. The Balaban J connectivity index is 1.31. The molecule has 4 rings (SSSR count). The fourth-order valence-corrected chi connectivity index (χ4v) is 5.16. The number of aliphatic hydroxyl groups is 1. The molecule has 204 valence electrons. The van der Waals surface area contributed by atoms with E-state index in [9.17, 15) is 23.5 Å². The highest BCUT2D eigenvalue weighted by Crippen LogP contribution is 2.32. The lowest BCUT2D eigenvalue weighted by Crippen LogP contribution is -2.42. The number of benzene rings is 1. The molecule has 9 nitrogen and oxygen atoms in total. The zero-order valence-corrected chi connectivity index (χ0v) is 21.4. The summed E-state index contributed by atoms with van der Waals surface area (Å²) in [6.45, 7) is 2.55. The van der Waals surface area contributed by atoms with Gasteiger partial charge < -0.3 is 19.6 Å². The molecule has 2 aromatic rings. The van der Waals surface area contributed by atoms with Gasteiger partial charge in [0, 0.05) is 43.6 Å². The summed E-state index contributed by atoms with van der Waals surface area (Å²) in [7, 11) is 0. The molecular formula is C27H33F2N5O4. The number of alkyl halides is 2. The number of aromatic nitrogens is 1. The van der Waals surface area contributed by atoms with Crippen LogP contribution in [0.1, 0.15) is 50.8 Å². The van der Waals surface area contributed by atoms with E-state index in [4.69, 9.17) is 10.00 Å². The van der Waals surface area contributed by atoms with Gasteiger partial charge in [-0.1, -0.05) is 0 Å². The molecule has 0 bridgehead atoms. The minimum Gasteiger partial charge on any atom is -0.494 e. The standard InChI is InChI=1S/C27H33F2N5O4/c1-18(35)33-10-7-19(8-11-33)3-2-12-38-21-4-5-24-23(13-21)22(6-9-31-24)26(37)32-16-25(36)34-17-27(28,29)14-20(34)15-30/h4-6,9,13,19-20,26,32,37H,2-3,7-8,10-12,14,16-17H2,1H3/t20-,26?/m1/s1. The van der Waals surface area contributed by atoms with Crippen LogP contribution in [0.25, 0.3) is 10.9 Å². The third kappa shape index (κ3) is 6.74. The molecule has 2 amide bonds. The molecule has 1 unspecified atom stereocenters. The second kappa shape index (κ2) is 12.0. The van der Waals surface area contributed by atoms with Crippen LogP contribution in [0.15, 0.2) is 30.5 Å². The highest BCUT2D eigenvalue weighted by Gasteiger charge is 2.47. The van der Waals surface area contributed by atoms with E-state index in [1.54, 1.807) is 31.2 Å². The number of halogens is 2. The molecule has 2 aliphatic heterocycles. The van der Waals surface area contributed by atoms with Crippen molar-refractivity contribution >= 4 is 22.7 Å². The SMILES string of the molecule is CC(=O)N1CCC(CCCOc2ccc3nccc(C(O)NCC(=O)N4CC(F)(F)C[C@@H]4C#N)c3c2)CC1. The van der Waals surface area contributed by atoms with E-state index in [2.05, 4.69) is 10.3 Å². The van der Waals surface area contributed by atoms with Crippen molar-refractivity contribution in [3.63, 3.8) is 0 Å². The van der Waals surface area contributed by atoms with Gasteiger partial charge in [0.05, 0.1) is 31.3 Å². The van der Waals surface area contributed by atoms with E-state index in [0.717, 1.165) is 43.7 Å². The molecular weight excluding hydrogens is 496 g/mol. The van der Waals surface area contributed by atoms with Crippen molar-refractivity contribution in [2.24, 2.45) is 5.92 Å². The molecule has 2 saturated heterocycles. The van der Waals surface area contributed by atoms with Crippen LogP contribution in [0.4, 0.5) is 8.78 Å². The van der Waals surface area contributed by atoms with E-state index in [0.29, 0.717) is 34.7 Å². The van der Waals surface area contributed by atoms with Crippen molar-refractivity contribution in [1.82, 2.24) is 20.1 Å². The average molecular weight is 530 g/mol. The largest absolute Gasteiger partial charge is 0.494 e. The summed E-state index contributed by atoms with van der Waals surface area (Å²) in [5.74, 6) is -2.44. The predicted molar refractivity (Wildman–Crippen MR) is 135 cm³/mol. The van der Waals surface area contributed by atoms with Gasteiger partial charge in [0.15, 0.2) is 0 Å². The van der Waals surface area contributed by atoms with Gasteiger partial charge in [0.2, 0.25) is 11.8 Å². The summed E-state index contributed by atoms with van der Waals surface area (Å²) < 4.78 is 33.3. The van der Waals surface area contributed by atoms with Gasteiger partial charge >= 0.3 is 0 Å². The van der Waals surface area contributed by atoms with Crippen molar-refractivity contribution in [2.45, 2.75) is 57.2 Å². The minimum absolute atomic E-state index is 0.132. The molecule has 11 heteroatoms. The molecule has 3 heterocycles. The number of carbonyl (C=O) groups is 2. The Kier molecular flexibility index (Phi) is 8.74. The number of fused-ring (bicyclic) bond motifs is 1. The Morgan fingerprint density at radius 3 is 2.79 bits per heavy atom. The second-order valence-electron chi connectivity index (χ2n) is 10.0. The average Bonchev–Trinajstić information content (AvgIpc) is 3.24. The molecule has 0 radical (unpaired) electrons. The molecule has 0 saturated carbocycles. The van der Waals surface area contributed by atoms with Crippen LogP contribution >= 0.6 is 0 Å². The number of aliphatic hydroxyl groups excluding tert-OH is 1. The number of hydrogen-bond acceptors (Lipinski definition) is 7. The molecule has 0 spiro atoms. The molecule has 1 aromatic carbocycles. The predicted octanol–water partition coefficient (Wildman–Crippen LogP) is 2.99. The summed E-state index contributed by atoms with van der Waals surface area (Å²) in [4.78, 5) is 31.0. The maximum Gasteiger partial charge on any atom is 0.268 e. The Hall–Kier alpha value is -3.36. The smallest absolute Gasteiger partial charge is 0.268 e. The number of carbonyl (C=O) groups excluding carboxylic acids is 2. The molecule has 0 aliphatic carbocycles. The number of hydrogen-bond donors (Lipinski definition) is 2. The van der Waals surface area contributed by atoms with Gasteiger partial charge in [0.25, 0.3) is 5.92 Å². The van der Waals surface area contributed by atoms with Crippen LogP contribution < -0.4 is 10.1 Å². The summed E-state index contributed by atoms with van der Waals surface area (Å²) in [5.41, 5.74) is 1.09. The van der Waals surface area contributed by atoms with E-state index < -0.39 is 43.6 Å². The van der Waals surface area contributed by atoms with Gasteiger partial charge in [-0.15, -0.1) is 0 Å². The van der Waals surface area contributed by atoms with E-state index >= 15 is 0 Å². The highest BCUT2D eigenvalue weighted by molar-refractivity contribution is 5.84. The lowest BCUT2D eigenvalue weighted by molar-refractivity contribution is -0.132. The third-order valence-electron chi connectivity index (χ3n) is 7.31. The zero-order chi connectivity index (χ0) is 27.3. The molecule has 38 heavy (non-hydrogen) atoms. The molecule has 1 aromatic heterocycles. The third-order valence-corrected chi connectivity index (χ3v) is 7.31. The van der Waals surface area contributed by atoms with Crippen molar-refractivity contribution < 1.29 is 28.2 Å². The van der Waals surface area contributed by atoms with Crippen LogP contribution in [0.3, 0.4) is 0 Å². The maximum atomic E-state index is 13.7. The first-order chi connectivity index (χ1) is 18.2. The number of pyridine rings is 1. The fourth-order valence-electron chi connectivity index (χ4n) is 5.16. The van der Waals surface area contributed by atoms with Crippen LogP contribution in [0.5, 0.6) is 5.75 Å². The fraction of sp³-hybridized carbons (Fsp3) is 0.556. The van der Waals surface area contributed by atoms with Gasteiger partial charge in [0.1, 0.15) is 18.0 Å². The Morgan fingerprint density at radius 2 is 2.08 bits per heavy atom. The van der Waals surface area contributed by atoms with E-state index in [1.165, 1.54) is 6.20 Å². The normalized spacial score (nSPS) is 20.3. The highest BCUT2D eigenvalue weighted by atomic mass is 19.3. The van der Waals surface area contributed by atoms with E-state index in [-0.39, 0.29) is 5.91 Å². The van der Waals surface area contributed by atoms with Crippen molar-refractivity contribution in [3.8, 4) is 11.8 Å². The number of nitrogens with one attached hydrogen (secondary N) is 1. The van der Waals surface area contributed by atoms with Crippen LogP contribution in [-0.2, 0) is 9.59 Å². The van der Waals surface area contributed by atoms with Gasteiger partial charge in [-0.3, -0.25) is 19.9 Å². The molecule has 2 N–H and O–H groups in total. The number of ether oxygens (including phenoxy) is 1. The summed E-state index contributed by atoms with van der Waals surface area (Å²) >= 11 is 0. The van der Waals surface area contributed by atoms with Gasteiger partial charge in [-0.25, -0.2) is 8.78 Å². The molecule has 2 aliphatic rings. The molecule has 2 fully saturated rings. The van der Waals surface area contributed by atoms with Crippen molar-refractivity contribution in [1.29, 1.82) is 5.26 Å². The van der Waals surface area contributed by atoms with Crippen LogP contribution in [0, 0.1) is 17.2 Å². The summed E-state index contributed by atoms with van der Waals surface area (Å²) in [6.07, 6.45) is 3.52. The monoisotopic (exact) mass is 529 g/mol. The van der Waals surface area contributed by atoms with Gasteiger partial charge in [-0.2, -0.15) is 5.26 Å². The summed E-state index contributed by atoms with van der Waals surface area (Å²) in [5, 5.41) is 23.2. The number of nitriles is 1. The minimum atomic E-state index is -3.10. The number of piperidine rings is 1. The summed E-state index contributed by atoms with van der Waals surface area (Å²) in [6, 6.07) is 7.54. The number of nitrogens with zero attached hydrogens (tertiary/aromatic N) is 4. The lowest BCUT2D eigenvalue weighted by Gasteiger charge is -2.31. The first-order valence-corrected chi connectivity index (χ1v) is 12.9. The first-order valence-electron chi connectivity index (χ1n) is 12.9. The van der Waals surface area contributed by atoms with E-state index in [1.807, 2.05) is 11.0 Å². The molecule has 2 atom stereocenters. The lowest BCUT2D eigenvalue weighted by atomic mass is 9.92. The Labute approximate surface area is 220 Å². The number of amides is 2. The second-order valence-corrected chi connectivity index (χ2v) is 10.0. The number of likely N-dealkylation sites (tertiary alicyclic amines) is 2. The Bertz CT molecular complexity index is 1200. The quantitative estimate of drug-likeness (QED) is 0.379. The first kappa shape index (κ1) is 27.7. The zero-order valence-electron chi connectivity index (χ0n) is 21.4. The van der Waals surface area contributed by atoms with Gasteiger partial charge in [-0.05, 0) is 55.9 Å². The topological polar surface area (TPSA) is 119 Å².